The number of rotatable bonds is 3. The highest BCUT2D eigenvalue weighted by atomic mass is 16.5. The standard InChI is InChI=1S/C12H18N2O3/c13-9-12(3-6-16-7-4-12)11(15)14-8-10-2-1-5-17-10/h10H,1-8H2,(H,14,15). The largest absolute Gasteiger partial charge is 0.381 e. The van der Waals surface area contributed by atoms with E-state index in [4.69, 9.17) is 9.47 Å². The van der Waals surface area contributed by atoms with Crippen LogP contribution in [0.2, 0.25) is 0 Å². The van der Waals surface area contributed by atoms with E-state index in [9.17, 15) is 10.1 Å². The molecule has 1 unspecified atom stereocenters. The van der Waals surface area contributed by atoms with Gasteiger partial charge in [0.15, 0.2) is 0 Å². The molecule has 2 aliphatic rings. The smallest absolute Gasteiger partial charge is 0.240 e. The second kappa shape index (κ2) is 5.48. The molecule has 0 radical (unpaired) electrons. The van der Waals surface area contributed by atoms with Crippen LogP contribution in [0.15, 0.2) is 0 Å². The van der Waals surface area contributed by atoms with Gasteiger partial charge in [0.1, 0.15) is 5.41 Å². The molecule has 0 aromatic rings. The number of nitriles is 1. The molecule has 1 N–H and O–H groups in total. The Hall–Kier alpha value is -1.12. The van der Waals surface area contributed by atoms with Gasteiger partial charge in [-0.05, 0) is 25.7 Å². The minimum atomic E-state index is -0.892. The van der Waals surface area contributed by atoms with Crippen molar-refractivity contribution in [3.63, 3.8) is 0 Å². The highest BCUT2D eigenvalue weighted by Gasteiger charge is 2.40. The first kappa shape index (κ1) is 12.3. The van der Waals surface area contributed by atoms with Crippen LogP contribution in [0.1, 0.15) is 25.7 Å². The first-order valence-electron chi connectivity index (χ1n) is 6.16. The van der Waals surface area contributed by atoms with E-state index in [2.05, 4.69) is 11.4 Å². The number of ether oxygens (including phenoxy) is 2. The van der Waals surface area contributed by atoms with Gasteiger partial charge < -0.3 is 14.8 Å². The first-order valence-corrected chi connectivity index (χ1v) is 6.16. The van der Waals surface area contributed by atoms with E-state index in [0.717, 1.165) is 19.4 Å². The van der Waals surface area contributed by atoms with Crippen molar-refractivity contribution >= 4 is 5.91 Å². The zero-order valence-corrected chi connectivity index (χ0v) is 9.91. The fourth-order valence-electron chi connectivity index (χ4n) is 2.29. The van der Waals surface area contributed by atoms with Crippen LogP contribution in [0.3, 0.4) is 0 Å². The summed E-state index contributed by atoms with van der Waals surface area (Å²) in [6, 6.07) is 2.16. The van der Waals surface area contributed by atoms with Gasteiger partial charge in [0, 0.05) is 26.4 Å². The van der Waals surface area contributed by atoms with Gasteiger partial charge in [-0.2, -0.15) is 5.26 Å². The number of hydrogen-bond acceptors (Lipinski definition) is 4. The minimum absolute atomic E-state index is 0.120. The summed E-state index contributed by atoms with van der Waals surface area (Å²) in [4.78, 5) is 12.1. The highest BCUT2D eigenvalue weighted by molar-refractivity contribution is 5.85. The van der Waals surface area contributed by atoms with Gasteiger partial charge in [0.25, 0.3) is 0 Å². The first-order chi connectivity index (χ1) is 8.27. The van der Waals surface area contributed by atoms with Gasteiger partial charge in [0.2, 0.25) is 5.91 Å². The second-order valence-corrected chi connectivity index (χ2v) is 4.65. The lowest BCUT2D eigenvalue weighted by Gasteiger charge is -2.29. The molecule has 2 rings (SSSR count). The zero-order valence-electron chi connectivity index (χ0n) is 9.91. The Balaban J connectivity index is 1.86. The van der Waals surface area contributed by atoms with Crippen LogP contribution in [-0.2, 0) is 14.3 Å². The maximum atomic E-state index is 12.1. The molecule has 94 valence electrons. The molecule has 0 saturated carbocycles. The molecule has 2 aliphatic heterocycles. The van der Waals surface area contributed by atoms with Gasteiger partial charge >= 0.3 is 0 Å². The van der Waals surface area contributed by atoms with Crippen molar-refractivity contribution in [2.75, 3.05) is 26.4 Å². The van der Waals surface area contributed by atoms with Gasteiger partial charge in [-0.1, -0.05) is 0 Å². The molecular formula is C12H18N2O3. The van der Waals surface area contributed by atoms with E-state index in [1.54, 1.807) is 0 Å². The van der Waals surface area contributed by atoms with E-state index in [-0.39, 0.29) is 12.0 Å². The van der Waals surface area contributed by atoms with Gasteiger partial charge in [-0.25, -0.2) is 0 Å². The van der Waals surface area contributed by atoms with Gasteiger partial charge in [0.05, 0.1) is 12.2 Å². The quantitative estimate of drug-likeness (QED) is 0.781. The molecule has 0 aromatic heterocycles. The molecule has 5 heteroatoms. The van der Waals surface area contributed by atoms with Crippen molar-refractivity contribution in [2.24, 2.45) is 5.41 Å². The van der Waals surface area contributed by atoms with E-state index in [1.165, 1.54) is 0 Å². The SMILES string of the molecule is N#CC1(C(=O)NCC2CCCO2)CCOCC1. The molecule has 0 bridgehead atoms. The molecule has 17 heavy (non-hydrogen) atoms. The summed E-state index contributed by atoms with van der Waals surface area (Å²) in [7, 11) is 0. The summed E-state index contributed by atoms with van der Waals surface area (Å²) in [5.74, 6) is -0.168. The summed E-state index contributed by atoms with van der Waals surface area (Å²) in [6.07, 6.45) is 3.14. The number of carbonyl (C=O) groups is 1. The summed E-state index contributed by atoms with van der Waals surface area (Å²) >= 11 is 0. The molecule has 5 nitrogen and oxygen atoms in total. The number of amides is 1. The Labute approximate surface area is 101 Å². The van der Waals surface area contributed by atoms with Crippen molar-refractivity contribution in [1.29, 1.82) is 5.26 Å². The van der Waals surface area contributed by atoms with Crippen LogP contribution in [0, 0.1) is 16.7 Å². The zero-order chi connectivity index (χ0) is 12.1. The molecule has 2 heterocycles. The lowest BCUT2D eigenvalue weighted by atomic mass is 9.81. The van der Waals surface area contributed by atoms with Crippen molar-refractivity contribution in [2.45, 2.75) is 31.8 Å². The predicted octanol–water partition coefficient (Wildman–Crippen LogP) is 0.602. The maximum Gasteiger partial charge on any atom is 0.240 e. The Kier molecular flexibility index (Phi) is 3.97. The molecule has 0 aromatic carbocycles. The summed E-state index contributed by atoms with van der Waals surface area (Å²) in [5.41, 5.74) is -0.892. The Morgan fingerprint density at radius 3 is 2.76 bits per heavy atom. The third kappa shape index (κ3) is 2.76. The van der Waals surface area contributed by atoms with E-state index >= 15 is 0 Å². The summed E-state index contributed by atoms with van der Waals surface area (Å²) in [6.45, 7) is 2.27. The highest BCUT2D eigenvalue weighted by Crippen LogP contribution is 2.29. The molecule has 2 fully saturated rings. The molecular weight excluding hydrogens is 220 g/mol. The number of carbonyl (C=O) groups excluding carboxylic acids is 1. The second-order valence-electron chi connectivity index (χ2n) is 4.65. The number of nitrogens with one attached hydrogen (secondary N) is 1. The average Bonchev–Trinajstić information content (AvgIpc) is 2.90. The maximum absolute atomic E-state index is 12.1. The molecule has 0 spiro atoms. The predicted molar refractivity (Wildman–Crippen MR) is 60.1 cm³/mol. The van der Waals surface area contributed by atoms with Gasteiger partial charge in [-0.3, -0.25) is 4.79 Å². The average molecular weight is 238 g/mol. The number of hydrogen-bond donors (Lipinski definition) is 1. The molecule has 1 atom stereocenters. The van der Waals surface area contributed by atoms with E-state index in [1.807, 2.05) is 0 Å². The Morgan fingerprint density at radius 2 is 2.18 bits per heavy atom. The minimum Gasteiger partial charge on any atom is -0.381 e. The monoisotopic (exact) mass is 238 g/mol. The fraction of sp³-hybridized carbons (Fsp3) is 0.833. The molecule has 1 amide bonds. The lowest BCUT2D eigenvalue weighted by Crippen LogP contribution is -2.45. The Bertz CT molecular complexity index is 312. The van der Waals surface area contributed by atoms with Crippen LogP contribution in [0.4, 0.5) is 0 Å². The number of nitrogens with zero attached hydrogens (tertiary/aromatic N) is 1. The van der Waals surface area contributed by atoms with Crippen molar-refractivity contribution in [3.8, 4) is 6.07 Å². The normalized spacial score (nSPS) is 27.4. The van der Waals surface area contributed by atoms with Crippen LogP contribution in [0.5, 0.6) is 0 Å². The molecule has 0 aliphatic carbocycles. The van der Waals surface area contributed by atoms with E-state index < -0.39 is 5.41 Å². The molecule has 2 saturated heterocycles. The van der Waals surface area contributed by atoms with Gasteiger partial charge in [-0.15, -0.1) is 0 Å². The topological polar surface area (TPSA) is 71.4 Å². The fourth-order valence-corrected chi connectivity index (χ4v) is 2.29. The third-order valence-corrected chi connectivity index (χ3v) is 3.51. The summed E-state index contributed by atoms with van der Waals surface area (Å²) in [5, 5.41) is 12.1. The van der Waals surface area contributed by atoms with Crippen molar-refractivity contribution < 1.29 is 14.3 Å². The Morgan fingerprint density at radius 1 is 1.41 bits per heavy atom. The van der Waals surface area contributed by atoms with Crippen LogP contribution >= 0.6 is 0 Å². The summed E-state index contributed by atoms with van der Waals surface area (Å²) < 4.78 is 10.6. The van der Waals surface area contributed by atoms with Crippen LogP contribution in [0.25, 0.3) is 0 Å². The van der Waals surface area contributed by atoms with Crippen molar-refractivity contribution in [3.05, 3.63) is 0 Å². The lowest BCUT2D eigenvalue weighted by molar-refractivity contribution is -0.132. The third-order valence-electron chi connectivity index (χ3n) is 3.51. The van der Waals surface area contributed by atoms with E-state index in [0.29, 0.717) is 32.6 Å². The van der Waals surface area contributed by atoms with Crippen LogP contribution in [-0.4, -0.2) is 38.4 Å². The van der Waals surface area contributed by atoms with Crippen molar-refractivity contribution in [1.82, 2.24) is 5.32 Å². The van der Waals surface area contributed by atoms with Crippen LogP contribution < -0.4 is 5.32 Å².